The van der Waals surface area contributed by atoms with E-state index in [-0.39, 0.29) is 30.1 Å². The van der Waals surface area contributed by atoms with Crippen molar-refractivity contribution >= 4 is 19.0 Å². The van der Waals surface area contributed by atoms with Gasteiger partial charge in [-0.2, -0.15) is 0 Å². The Bertz CT molecular complexity index is 827. The van der Waals surface area contributed by atoms with Gasteiger partial charge in [0.25, 0.3) is 0 Å². The van der Waals surface area contributed by atoms with Gasteiger partial charge in [-0.15, -0.1) is 5.10 Å². The smallest absolute Gasteiger partial charge is 0.534 e. The summed E-state index contributed by atoms with van der Waals surface area (Å²) in [6.07, 6.45) is 1.88. The Morgan fingerprint density at radius 3 is 3.00 bits per heavy atom. The minimum atomic E-state index is -1.35. The van der Waals surface area contributed by atoms with Gasteiger partial charge in [-0.1, -0.05) is 17.3 Å². The highest BCUT2D eigenvalue weighted by molar-refractivity contribution is 6.47. The van der Waals surface area contributed by atoms with E-state index in [9.17, 15) is 19.7 Å². The van der Waals surface area contributed by atoms with Crippen LogP contribution in [0.25, 0.3) is 0 Å². The Balaban J connectivity index is 1.66. The molecule has 10 nitrogen and oxygen atoms in total. The first-order valence-electron chi connectivity index (χ1n) is 8.06. The zero-order chi connectivity index (χ0) is 18.7. The number of nitrogens with one attached hydrogen (secondary N) is 1. The second kappa shape index (κ2) is 7.54. The number of carboxylic acid groups (broad SMARTS) is 1. The number of para-hydroxylation sites is 1. The molecule has 0 spiro atoms. The van der Waals surface area contributed by atoms with Crippen LogP contribution in [0.3, 0.4) is 0 Å². The van der Waals surface area contributed by atoms with Crippen molar-refractivity contribution in [1.82, 2.24) is 20.3 Å². The van der Waals surface area contributed by atoms with E-state index in [1.165, 1.54) is 6.07 Å². The fourth-order valence-electron chi connectivity index (χ4n) is 2.80. The molecule has 1 aliphatic heterocycles. The average Bonchev–Trinajstić information content (AvgIpc) is 3.02. The number of aromatic carboxylic acids is 1. The predicted octanol–water partition coefficient (Wildman–Crippen LogP) is -1.38. The van der Waals surface area contributed by atoms with Gasteiger partial charge >= 0.3 is 13.1 Å². The van der Waals surface area contributed by atoms with Crippen LogP contribution >= 0.6 is 0 Å². The van der Waals surface area contributed by atoms with Crippen LogP contribution in [0.5, 0.6) is 5.75 Å². The first-order chi connectivity index (χ1) is 12.5. The Kier molecular flexibility index (Phi) is 5.19. The van der Waals surface area contributed by atoms with Crippen molar-refractivity contribution in [1.29, 1.82) is 0 Å². The fraction of sp³-hybridized carbons (Fsp3) is 0.333. The molecule has 1 aliphatic rings. The van der Waals surface area contributed by atoms with Crippen LogP contribution in [0, 0.1) is 0 Å². The number of nitrogens with two attached hydrogens (primary N) is 1. The van der Waals surface area contributed by atoms with E-state index >= 15 is 0 Å². The Morgan fingerprint density at radius 2 is 2.27 bits per heavy atom. The van der Waals surface area contributed by atoms with Gasteiger partial charge in [0.2, 0.25) is 5.91 Å². The second-order valence-electron chi connectivity index (χ2n) is 5.92. The maximum Gasteiger partial charge on any atom is 0.547 e. The number of hydrogen-bond donors (Lipinski definition) is 4. The van der Waals surface area contributed by atoms with Crippen LogP contribution in [0.4, 0.5) is 0 Å². The molecular formula is C15H18BN5O5. The van der Waals surface area contributed by atoms with Crippen LogP contribution < -0.4 is 15.7 Å². The molecule has 136 valence electrons. The summed E-state index contributed by atoms with van der Waals surface area (Å²) in [6.45, 7) is 0.921. The number of aromatic nitrogens is 3. The average molecular weight is 359 g/mol. The van der Waals surface area contributed by atoms with Crippen molar-refractivity contribution in [2.45, 2.75) is 25.3 Å². The van der Waals surface area contributed by atoms with Crippen LogP contribution in [0.15, 0.2) is 24.4 Å². The summed E-state index contributed by atoms with van der Waals surface area (Å²) in [5, 5.41) is 29.8. The number of rotatable bonds is 6. The molecular weight excluding hydrogens is 341 g/mol. The van der Waals surface area contributed by atoms with E-state index in [2.05, 4.69) is 15.6 Å². The molecule has 1 atom stereocenters. The molecule has 1 amide bonds. The molecule has 0 fully saturated rings. The standard InChI is InChI=1S/C15H18BN5O5/c17-4-5-21-8-10(19-20-21)7-13(22)18-12-6-9-2-1-3-11(15(23)24)14(9)26-16(12)25/h1-3,8,12,25H,4-7,17H2,(H,18,22)(H,23,24). The lowest BCUT2D eigenvalue weighted by Gasteiger charge is -2.28. The van der Waals surface area contributed by atoms with Crippen molar-refractivity contribution in [3.63, 3.8) is 0 Å². The minimum absolute atomic E-state index is 0.00415. The molecule has 26 heavy (non-hydrogen) atoms. The zero-order valence-electron chi connectivity index (χ0n) is 13.8. The van der Waals surface area contributed by atoms with Crippen molar-refractivity contribution in [3.8, 4) is 5.75 Å². The number of hydrogen-bond acceptors (Lipinski definition) is 7. The summed E-state index contributed by atoms with van der Waals surface area (Å²) in [5.74, 6) is -2.06. The Hall–Kier alpha value is -2.92. The van der Waals surface area contributed by atoms with Crippen molar-refractivity contribution < 1.29 is 24.4 Å². The number of benzene rings is 1. The van der Waals surface area contributed by atoms with Gasteiger partial charge in [-0.3, -0.25) is 9.48 Å². The highest BCUT2D eigenvalue weighted by Gasteiger charge is 2.37. The molecule has 3 rings (SSSR count). The summed E-state index contributed by atoms with van der Waals surface area (Å²) in [6, 6.07) is 4.70. The first-order valence-corrected chi connectivity index (χ1v) is 8.06. The molecule has 11 heteroatoms. The molecule has 5 N–H and O–H groups in total. The van der Waals surface area contributed by atoms with Crippen LogP contribution in [-0.2, 0) is 24.2 Å². The zero-order valence-corrected chi connectivity index (χ0v) is 13.8. The molecule has 0 bridgehead atoms. The Morgan fingerprint density at radius 1 is 1.46 bits per heavy atom. The third-order valence-electron chi connectivity index (χ3n) is 3.98. The highest BCUT2D eigenvalue weighted by atomic mass is 16.5. The maximum atomic E-state index is 12.2. The van der Waals surface area contributed by atoms with Crippen LogP contribution in [-0.4, -0.2) is 56.6 Å². The van der Waals surface area contributed by atoms with Crippen molar-refractivity contribution in [2.24, 2.45) is 5.73 Å². The number of carboxylic acids is 1. The molecule has 2 aromatic rings. The first kappa shape index (κ1) is 17.9. The molecule has 1 aromatic carbocycles. The largest absolute Gasteiger partial charge is 0.547 e. The maximum absolute atomic E-state index is 12.2. The number of carbonyl (C=O) groups excluding carboxylic acids is 1. The van der Waals surface area contributed by atoms with Crippen LogP contribution in [0.2, 0.25) is 0 Å². The van der Waals surface area contributed by atoms with Crippen LogP contribution in [0.1, 0.15) is 21.6 Å². The molecule has 0 saturated heterocycles. The SMILES string of the molecule is NCCn1cc(CC(=O)NC2Cc3cccc(C(=O)O)c3OB2O)nn1. The summed E-state index contributed by atoms with van der Waals surface area (Å²) < 4.78 is 6.88. The molecule has 1 unspecified atom stereocenters. The van der Waals surface area contributed by atoms with Gasteiger partial charge in [-0.25, -0.2) is 4.79 Å². The topological polar surface area (TPSA) is 153 Å². The highest BCUT2D eigenvalue weighted by Crippen LogP contribution is 2.30. The fourth-order valence-corrected chi connectivity index (χ4v) is 2.80. The number of fused-ring (bicyclic) bond motifs is 1. The van der Waals surface area contributed by atoms with E-state index < -0.39 is 19.0 Å². The van der Waals surface area contributed by atoms with E-state index in [0.717, 1.165) is 0 Å². The molecule has 0 aliphatic carbocycles. The lowest BCUT2D eigenvalue weighted by molar-refractivity contribution is -0.120. The summed E-state index contributed by atoms with van der Waals surface area (Å²) in [7, 11) is -1.35. The predicted molar refractivity (Wildman–Crippen MR) is 90.4 cm³/mol. The summed E-state index contributed by atoms with van der Waals surface area (Å²) in [4.78, 5) is 23.4. The third kappa shape index (κ3) is 3.84. The summed E-state index contributed by atoms with van der Waals surface area (Å²) >= 11 is 0. The minimum Gasteiger partial charge on any atom is -0.534 e. The van der Waals surface area contributed by atoms with Gasteiger partial charge in [-0.05, 0) is 18.1 Å². The van der Waals surface area contributed by atoms with Gasteiger partial charge in [0.1, 0.15) is 5.75 Å². The molecule has 0 radical (unpaired) electrons. The van der Waals surface area contributed by atoms with Gasteiger partial charge in [0.15, 0.2) is 0 Å². The van der Waals surface area contributed by atoms with E-state index in [4.69, 9.17) is 10.4 Å². The van der Waals surface area contributed by atoms with Gasteiger partial charge in [0.05, 0.1) is 30.2 Å². The van der Waals surface area contributed by atoms with E-state index in [1.807, 2.05) is 0 Å². The quantitative estimate of drug-likeness (QED) is 0.460. The Labute approximate surface area is 149 Å². The lowest BCUT2D eigenvalue weighted by atomic mass is 9.72. The third-order valence-corrected chi connectivity index (χ3v) is 3.98. The normalized spacial score (nSPS) is 15.9. The molecule has 2 heterocycles. The molecule has 0 saturated carbocycles. The molecule has 1 aromatic heterocycles. The van der Waals surface area contributed by atoms with E-state index in [1.54, 1.807) is 23.0 Å². The van der Waals surface area contributed by atoms with Gasteiger partial charge < -0.3 is 25.8 Å². The monoisotopic (exact) mass is 359 g/mol. The van der Waals surface area contributed by atoms with E-state index in [0.29, 0.717) is 24.3 Å². The second-order valence-corrected chi connectivity index (χ2v) is 5.92. The lowest BCUT2D eigenvalue weighted by Crippen LogP contribution is -2.53. The van der Waals surface area contributed by atoms with Crippen molar-refractivity contribution in [3.05, 3.63) is 41.2 Å². The van der Waals surface area contributed by atoms with Gasteiger partial charge in [0, 0.05) is 12.7 Å². The summed E-state index contributed by atoms with van der Waals surface area (Å²) in [5.41, 5.74) is 6.49. The number of nitrogens with zero attached hydrogens (tertiary/aromatic N) is 3. The van der Waals surface area contributed by atoms with Crippen molar-refractivity contribution in [2.75, 3.05) is 6.54 Å². The number of carbonyl (C=O) groups is 2. The number of amides is 1.